The van der Waals surface area contributed by atoms with Crippen molar-refractivity contribution in [2.24, 2.45) is 0 Å². The standard InChI is InChI=1S/C25H32N8O4Si/c1-25(2,3)38(4,5)36-16-19(28-24(34)35)15-33-31-23(30-32-33)17-6-9-20(10-7-17)37-22-11-8-18(14-26-22)21-12-13-27-29-21/h6-14,19,28H,15-16H2,1-5H3,(H,27,29)(H,34,35)/t19-/m1/s1. The van der Waals surface area contributed by atoms with Crippen LogP contribution in [0.4, 0.5) is 4.79 Å². The maximum Gasteiger partial charge on any atom is 0.405 e. The molecule has 1 atom stereocenters. The van der Waals surface area contributed by atoms with Gasteiger partial charge in [0.05, 0.1) is 24.9 Å². The van der Waals surface area contributed by atoms with Crippen LogP contribution in [0.15, 0.2) is 54.9 Å². The number of aromatic amines is 1. The van der Waals surface area contributed by atoms with Crippen LogP contribution in [0.1, 0.15) is 20.8 Å². The predicted molar refractivity (Wildman–Crippen MR) is 143 cm³/mol. The molecule has 38 heavy (non-hydrogen) atoms. The number of carbonyl (C=O) groups is 1. The molecule has 4 aromatic rings. The Labute approximate surface area is 221 Å². The minimum Gasteiger partial charge on any atom is -0.465 e. The molecule has 4 rings (SSSR count). The van der Waals surface area contributed by atoms with Gasteiger partial charge in [0, 0.05) is 29.6 Å². The summed E-state index contributed by atoms with van der Waals surface area (Å²) in [6, 6.07) is 12.3. The number of ether oxygens (including phenoxy) is 1. The third-order valence-corrected chi connectivity index (χ3v) is 11.0. The van der Waals surface area contributed by atoms with Crippen LogP contribution in [-0.2, 0) is 11.0 Å². The second kappa shape index (κ2) is 11.1. The highest BCUT2D eigenvalue weighted by Crippen LogP contribution is 2.36. The first kappa shape index (κ1) is 26.9. The summed E-state index contributed by atoms with van der Waals surface area (Å²) in [4.78, 5) is 17.1. The lowest BCUT2D eigenvalue weighted by atomic mass is 10.2. The van der Waals surface area contributed by atoms with Crippen LogP contribution in [0.2, 0.25) is 18.1 Å². The normalized spacial score (nSPS) is 12.8. The van der Waals surface area contributed by atoms with Gasteiger partial charge >= 0.3 is 6.09 Å². The highest BCUT2D eigenvalue weighted by Gasteiger charge is 2.37. The largest absolute Gasteiger partial charge is 0.465 e. The third kappa shape index (κ3) is 6.80. The summed E-state index contributed by atoms with van der Waals surface area (Å²) < 4.78 is 12.0. The van der Waals surface area contributed by atoms with Crippen LogP contribution >= 0.6 is 0 Å². The molecule has 0 saturated carbocycles. The Kier molecular flexibility index (Phi) is 7.88. The fourth-order valence-corrected chi connectivity index (χ4v) is 4.33. The number of carboxylic acid groups (broad SMARTS) is 1. The molecule has 0 unspecified atom stereocenters. The summed E-state index contributed by atoms with van der Waals surface area (Å²) >= 11 is 0. The summed E-state index contributed by atoms with van der Waals surface area (Å²) in [6.45, 7) is 11.1. The van der Waals surface area contributed by atoms with E-state index in [0.29, 0.717) is 17.5 Å². The number of aromatic nitrogens is 7. The summed E-state index contributed by atoms with van der Waals surface area (Å²) in [6.07, 6.45) is 2.27. The Bertz CT molecular complexity index is 1330. The first-order valence-corrected chi connectivity index (χ1v) is 15.1. The molecule has 0 radical (unpaired) electrons. The predicted octanol–water partition coefficient (Wildman–Crippen LogP) is 4.58. The number of hydrogen-bond acceptors (Lipinski definition) is 8. The molecule has 3 aromatic heterocycles. The Morgan fingerprint density at radius 1 is 1.13 bits per heavy atom. The second-order valence-electron chi connectivity index (χ2n) is 10.4. The van der Waals surface area contributed by atoms with Crippen molar-refractivity contribution < 1.29 is 19.1 Å². The lowest BCUT2D eigenvalue weighted by Crippen LogP contribution is -2.47. The smallest absolute Gasteiger partial charge is 0.405 e. The van der Waals surface area contributed by atoms with Crippen molar-refractivity contribution in [2.45, 2.75) is 51.5 Å². The summed E-state index contributed by atoms with van der Waals surface area (Å²) in [5.74, 6) is 1.48. The molecule has 1 amide bonds. The van der Waals surface area contributed by atoms with Gasteiger partial charge in [0.1, 0.15) is 5.75 Å². The Balaban J connectivity index is 1.38. The lowest BCUT2D eigenvalue weighted by Gasteiger charge is -2.37. The van der Waals surface area contributed by atoms with Crippen LogP contribution in [0.5, 0.6) is 11.6 Å². The topological polar surface area (TPSA) is 153 Å². The molecule has 0 spiro atoms. The van der Waals surface area contributed by atoms with Gasteiger partial charge in [-0.15, -0.1) is 10.2 Å². The minimum atomic E-state index is -2.05. The fourth-order valence-electron chi connectivity index (χ4n) is 3.28. The molecule has 0 fully saturated rings. The van der Waals surface area contributed by atoms with Crippen LogP contribution in [0.3, 0.4) is 0 Å². The molecule has 0 aliphatic heterocycles. The van der Waals surface area contributed by atoms with E-state index in [9.17, 15) is 9.90 Å². The van der Waals surface area contributed by atoms with Gasteiger partial charge in [0.25, 0.3) is 0 Å². The van der Waals surface area contributed by atoms with E-state index >= 15 is 0 Å². The van der Waals surface area contributed by atoms with Crippen molar-refractivity contribution in [1.82, 2.24) is 40.7 Å². The van der Waals surface area contributed by atoms with Gasteiger partial charge in [0.2, 0.25) is 11.7 Å². The number of pyridine rings is 1. The first-order valence-electron chi connectivity index (χ1n) is 12.2. The number of benzene rings is 1. The van der Waals surface area contributed by atoms with E-state index in [-0.39, 0.29) is 18.2 Å². The fraction of sp³-hybridized carbons (Fsp3) is 0.360. The Morgan fingerprint density at radius 3 is 2.47 bits per heavy atom. The maximum atomic E-state index is 11.3. The minimum absolute atomic E-state index is 0.00895. The first-order chi connectivity index (χ1) is 18.0. The van der Waals surface area contributed by atoms with E-state index in [4.69, 9.17) is 9.16 Å². The van der Waals surface area contributed by atoms with Gasteiger partial charge in [-0.25, -0.2) is 9.78 Å². The molecule has 0 bridgehead atoms. The number of amides is 1. The van der Waals surface area contributed by atoms with Gasteiger partial charge in [-0.3, -0.25) is 5.10 Å². The van der Waals surface area contributed by atoms with E-state index in [2.05, 4.69) is 69.8 Å². The van der Waals surface area contributed by atoms with Crippen molar-refractivity contribution in [3.63, 3.8) is 0 Å². The number of nitrogens with one attached hydrogen (secondary N) is 2. The van der Waals surface area contributed by atoms with Crippen LogP contribution in [-0.4, -0.2) is 67.6 Å². The summed E-state index contributed by atoms with van der Waals surface area (Å²) in [5.41, 5.74) is 2.53. The van der Waals surface area contributed by atoms with Crippen LogP contribution in [0, 0.1) is 0 Å². The molecule has 0 saturated heterocycles. The summed E-state index contributed by atoms with van der Waals surface area (Å²) in [5, 5.41) is 31.3. The SMILES string of the molecule is CC(C)(C)[Si](C)(C)OC[C@@H](Cn1nnc(-c2ccc(Oc3ccc(-c4ccn[nH]4)cn3)cc2)n1)NC(=O)O. The maximum absolute atomic E-state index is 11.3. The molecule has 0 aliphatic rings. The molecular formula is C25H32N8O4Si. The van der Waals surface area contributed by atoms with Crippen LogP contribution < -0.4 is 10.1 Å². The highest BCUT2D eigenvalue weighted by atomic mass is 28.4. The monoisotopic (exact) mass is 536 g/mol. The van der Waals surface area contributed by atoms with Crippen molar-refractivity contribution >= 4 is 14.4 Å². The molecule has 200 valence electrons. The molecule has 0 aliphatic carbocycles. The Morgan fingerprint density at radius 2 is 1.87 bits per heavy atom. The quantitative estimate of drug-likeness (QED) is 0.247. The second-order valence-corrected chi connectivity index (χ2v) is 15.2. The third-order valence-electron chi connectivity index (χ3n) is 6.50. The molecule has 3 N–H and O–H groups in total. The highest BCUT2D eigenvalue weighted by molar-refractivity contribution is 6.74. The number of nitrogens with zero attached hydrogens (tertiary/aromatic N) is 6. The average molecular weight is 537 g/mol. The molecule has 3 heterocycles. The zero-order valence-corrected chi connectivity index (χ0v) is 23.0. The number of hydrogen-bond donors (Lipinski definition) is 3. The van der Waals surface area contributed by atoms with Gasteiger partial charge in [0.15, 0.2) is 8.32 Å². The van der Waals surface area contributed by atoms with Gasteiger partial charge in [-0.05, 0) is 59.7 Å². The van der Waals surface area contributed by atoms with E-state index < -0.39 is 20.5 Å². The number of H-pyrrole nitrogens is 1. The van der Waals surface area contributed by atoms with Gasteiger partial charge in [-0.2, -0.15) is 9.90 Å². The van der Waals surface area contributed by atoms with Crippen LogP contribution in [0.25, 0.3) is 22.6 Å². The molecular weight excluding hydrogens is 504 g/mol. The zero-order chi connectivity index (χ0) is 27.3. The van der Waals surface area contributed by atoms with Crippen molar-refractivity contribution in [3.05, 3.63) is 54.9 Å². The number of tetrazole rings is 1. The molecule has 1 aromatic carbocycles. The number of rotatable bonds is 10. The van der Waals surface area contributed by atoms with Gasteiger partial charge < -0.3 is 19.6 Å². The van der Waals surface area contributed by atoms with E-state index in [1.165, 1.54) is 4.80 Å². The Hall–Kier alpha value is -4.10. The van der Waals surface area contributed by atoms with Crippen molar-refractivity contribution in [3.8, 4) is 34.3 Å². The van der Waals surface area contributed by atoms with E-state index in [0.717, 1.165) is 16.8 Å². The molecule has 12 nitrogen and oxygen atoms in total. The molecule has 13 heteroatoms. The zero-order valence-electron chi connectivity index (χ0n) is 22.0. The average Bonchev–Trinajstić information content (AvgIpc) is 3.55. The van der Waals surface area contributed by atoms with Crippen molar-refractivity contribution in [2.75, 3.05) is 6.61 Å². The van der Waals surface area contributed by atoms with Crippen molar-refractivity contribution in [1.29, 1.82) is 0 Å². The van der Waals surface area contributed by atoms with Gasteiger partial charge in [-0.1, -0.05) is 20.8 Å². The van der Waals surface area contributed by atoms with E-state index in [1.807, 2.05) is 24.3 Å². The summed E-state index contributed by atoms with van der Waals surface area (Å²) in [7, 11) is -2.05. The lowest BCUT2D eigenvalue weighted by molar-refractivity contribution is 0.172. The van der Waals surface area contributed by atoms with E-state index in [1.54, 1.807) is 30.6 Å².